The molecule has 0 aliphatic heterocycles. The average Bonchev–Trinajstić information content (AvgIpc) is 2.39. The number of amides is 1. The molecule has 0 bridgehead atoms. The van der Waals surface area contributed by atoms with Gasteiger partial charge in [0.2, 0.25) is 0 Å². The molecule has 0 spiro atoms. The highest BCUT2D eigenvalue weighted by molar-refractivity contribution is 5.75. The lowest BCUT2D eigenvalue weighted by atomic mass is 10.1. The lowest BCUT2D eigenvalue weighted by molar-refractivity contribution is -0.112. The van der Waals surface area contributed by atoms with Crippen LogP contribution in [0, 0.1) is 11.6 Å². The van der Waals surface area contributed by atoms with Crippen molar-refractivity contribution in [1.29, 1.82) is 0 Å². The van der Waals surface area contributed by atoms with Gasteiger partial charge in [0, 0.05) is 19.2 Å². The third-order valence-corrected chi connectivity index (χ3v) is 2.81. The van der Waals surface area contributed by atoms with Crippen LogP contribution in [-0.4, -0.2) is 37.0 Å². The molecule has 0 saturated heterocycles. The van der Waals surface area contributed by atoms with Crippen LogP contribution in [0.5, 0.6) is 5.75 Å². The largest absolute Gasteiger partial charge is 0.497 e. The minimum atomic E-state index is -1.44. The minimum absolute atomic E-state index is 0.0247. The number of hydrogen-bond acceptors (Lipinski definition) is 4. The first kappa shape index (κ1) is 17.9. The number of likely N-dealkylation sites (N-methyl/N-ethyl adjacent to an activating group) is 1. The van der Waals surface area contributed by atoms with Crippen LogP contribution in [0.4, 0.5) is 13.6 Å². The maximum absolute atomic E-state index is 14.0. The van der Waals surface area contributed by atoms with Crippen LogP contribution >= 0.6 is 0 Å². The third kappa shape index (κ3) is 4.16. The standard InChI is InChI=1S/C15H19F2NO4/c1-15(2,3)22-14(20)18(4)12(8-19)13-10(16)6-9(21-5)7-11(13)17/h6-8,12H,1-5H3. The summed E-state index contributed by atoms with van der Waals surface area (Å²) < 4.78 is 37.9. The summed E-state index contributed by atoms with van der Waals surface area (Å²) in [6.07, 6.45) is -0.586. The van der Waals surface area contributed by atoms with Crippen LogP contribution in [0.2, 0.25) is 0 Å². The highest BCUT2D eigenvalue weighted by Gasteiger charge is 2.30. The Morgan fingerprint density at radius 3 is 2.14 bits per heavy atom. The van der Waals surface area contributed by atoms with Gasteiger partial charge in [-0.05, 0) is 20.8 Å². The monoisotopic (exact) mass is 315 g/mol. The summed E-state index contributed by atoms with van der Waals surface area (Å²) in [4.78, 5) is 24.1. The predicted molar refractivity (Wildman–Crippen MR) is 75.7 cm³/mol. The van der Waals surface area contributed by atoms with Gasteiger partial charge < -0.3 is 14.3 Å². The van der Waals surface area contributed by atoms with Crippen LogP contribution in [0.25, 0.3) is 0 Å². The summed E-state index contributed by atoms with van der Waals surface area (Å²) in [5.41, 5.74) is -1.33. The van der Waals surface area contributed by atoms with E-state index in [2.05, 4.69) is 0 Å². The molecule has 1 atom stereocenters. The van der Waals surface area contributed by atoms with E-state index >= 15 is 0 Å². The fourth-order valence-corrected chi connectivity index (χ4v) is 1.76. The summed E-state index contributed by atoms with van der Waals surface area (Å²) in [5, 5.41) is 0. The SMILES string of the molecule is COc1cc(F)c(C(C=O)N(C)C(=O)OC(C)(C)C)c(F)c1. The number of benzene rings is 1. The molecule has 0 N–H and O–H groups in total. The van der Waals surface area contributed by atoms with Crippen molar-refractivity contribution in [3.05, 3.63) is 29.3 Å². The van der Waals surface area contributed by atoms with Crippen molar-refractivity contribution < 1.29 is 27.8 Å². The second-order valence-electron chi connectivity index (χ2n) is 5.68. The van der Waals surface area contributed by atoms with Gasteiger partial charge in [-0.15, -0.1) is 0 Å². The van der Waals surface area contributed by atoms with Gasteiger partial charge in [-0.25, -0.2) is 13.6 Å². The number of nitrogens with zero attached hydrogens (tertiary/aromatic N) is 1. The number of ether oxygens (including phenoxy) is 2. The van der Waals surface area contributed by atoms with E-state index in [-0.39, 0.29) is 12.0 Å². The van der Waals surface area contributed by atoms with Gasteiger partial charge in [0.25, 0.3) is 0 Å². The van der Waals surface area contributed by atoms with Gasteiger partial charge in [0.1, 0.15) is 35.3 Å². The summed E-state index contributed by atoms with van der Waals surface area (Å²) in [5.74, 6) is -1.99. The fourth-order valence-electron chi connectivity index (χ4n) is 1.76. The van der Waals surface area contributed by atoms with Crippen molar-refractivity contribution in [3.8, 4) is 5.75 Å². The minimum Gasteiger partial charge on any atom is -0.497 e. The molecule has 0 aromatic heterocycles. The summed E-state index contributed by atoms with van der Waals surface area (Å²) in [7, 11) is 2.49. The topological polar surface area (TPSA) is 55.8 Å². The van der Waals surface area contributed by atoms with Gasteiger partial charge in [-0.1, -0.05) is 0 Å². The second kappa shape index (κ2) is 6.72. The summed E-state index contributed by atoms with van der Waals surface area (Å²) in [6.45, 7) is 4.93. The second-order valence-corrected chi connectivity index (χ2v) is 5.68. The highest BCUT2D eigenvalue weighted by atomic mass is 19.1. The molecule has 0 aliphatic rings. The molecule has 0 aliphatic carbocycles. The molecule has 5 nitrogen and oxygen atoms in total. The molecule has 0 saturated carbocycles. The molecular weight excluding hydrogens is 296 g/mol. The van der Waals surface area contributed by atoms with Crippen molar-refractivity contribution >= 4 is 12.4 Å². The number of rotatable bonds is 4. The van der Waals surface area contributed by atoms with E-state index in [0.717, 1.165) is 17.0 Å². The quantitative estimate of drug-likeness (QED) is 0.801. The number of aldehydes is 1. The Hall–Kier alpha value is -2.18. The van der Waals surface area contributed by atoms with E-state index < -0.39 is 34.9 Å². The number of methoxy groups -OCH3 is 1. The van der Waals surface area contributed by atoms with Crippen LogP contribution < -0.4 is 4.74 Å². The zero-order valence-corrected chi connectivity index (χ0v) is 13.1. The first-order valence-corrected chi connectivity index (χ1v) is 6.54. The van der Waals surface area contributed by atoms with E-state index in [9.17, 15) is 18.4 Å². The van der Waals surface area contributed by atoms with E-state index in [1.807, 2.05) is 0 Å². The molecule has 7 heteroatoms. The molecule has 1 rings (SSSR count). The molecule has 1 unspecified atom stereocenters. The Morgan fingerprint density at radius 1 is 1.27 bits per heavy atom. The number of hydrogen-bond donors (Lipinski definition) is 0. The number of carbonyl (C=O) groups is 2. The third-order valence-electron chi connectivity index (χ3n) is 2.81. The van der Waals surface area contributed by atoms with Gasteiger partial charge >= 0.3 is 6.09 Å². The maximum Gasteiger partial charge on any atom is 0.410 e. The first-order chi connectivity index (χ1) is 10.1. The molecular formula is C15H19F2NO4. The summed E-state index contributed by atoms with van der Waals surface area (Å²) in [6, 6.07) is 0.441. The van der Waals surface area contributed by atoms with Crippen LogP contribution in [0.3, 0.4) is 0 Å². The van der Waals surface area contributed by atoms with E-state index in [1.54, 1.807) is 20.8 Å². The van der Waals surface area contributed by atoms with Gasteiger partial charge in [0.15, 0.2) is 0 Å². The van der Waals surface area contributed by atoms with Crippen molar-refractivity contribution in [3.63, 3.8) is 0 Å². The lowest BCUT2D eigenvalue weighted by Crippen LogP contribution is -2.37. The summed E-state index contributed by atoms with van der Waals surface area (Å²) >= 11 is 0. The lowest BCUT2D eigenvalue weighted by Gasteiger charge is -2.28. The molecule has 1 aromatic carbocycles. The smallest absolute Gasteiger partial charge is 0.410 e. The zero-order valence-electron chi connectivity index (χ0n) is 13.1. The fraction of sp³-hybridized carbons (Fsp3) is 0.467. The van der Waals surface area contributed by atoms with Gasteiger partial charge in [-0.2, -0.15) is 0 Å². The van der Waals surface area contributed by atoms with Crippen molar-refractivity contribution in [2.75, 3.05) is 14.2 Å². The Balaban J connectivity index is 3.16. The Morgan fingerprint density at radius 2 is 1.77 bits per heavy atom. The molecule has 0 heterocycles. The average molecular weight is 315 g/mol. The Kier molecular flexibility index (Phi) is 5.46. The van der Waals surface area contributed by atoms with Crippen LogP contribution in [0.1, 0.15) is 32.4 Å². The van der Waals surface area contributed by atoms with Gasteiger partial charge in [0.05, 0.1) is 12.7 Å². The number of halogens is 2. The molecule has 122 valence electrons. The number of carbonyl (C=O) groups excluding carboxylic acids is 2. The van der Waals surface area contributed by atoms with Crippen LogP contribution in [-0.2, 0) is 9.53 Å². The van der Waals surface area contributed by atoms with E-state index in [4.69, 9.17) is 9.47 Å². The van der Waals surface area contributed by atoms with Crippen molar-refractivity contribution in [1.82, 2.24) is 4.90 Å². The molecule has 1 aromatic rings. The van der Waals surface area contributed by atoms with Gasteiger partial charge in [-0.3, -0.25) is 4.90 Å². The van der Waals surface area contributed by atoms with Crippen molar-refractivity contribution in [2.45, 2.75) is 32.4 Å². The molecule has 0 radical (unpaired) electrons. The van der Waals surface area contributed by atoms with Crippen LogP contribution in [0.15, 0.2) is 12.1 Å². The zero-order chi connectivity index (χ0) is 17.1. The molecule has 1 amide bonds. The van der Waals surface area contributed by atoms with Crippen molar-refractivity contribution in [2.24, 2.45) is 0 Å². The molecule has 22 heavy (non-hydrogen) atoms. The Bertz CT molecular complexity index is 546. The van der Waals surface area contributed by atoms with E-state index in [1.165, 1.54) is 14.2 Å². The predicted octanol–water partition coefficient (Wildman–Crippen LogP) is 3.08. The first-order valence-electron chi connectivity index (χ1n) is 6.54. The molecule has 0 fully saturated rings. The highest BCUT2D eigenvalue weighted by Crippen LogP contribution is 2.28. The normalized spacial score (nSPS) is 12.5. The Labute approximate surface area is 127 Å². The maximum atomic E-state index is 14.0. The van der Waals surface area contributed by atoms with E-state index in [0.29, 0.717) is 0 Å².